The van der Waals surface area contributed by atoms with Gasteiger partial charge < -0.3 is 14.8 Å². The summed E-state index contributed by atoms with van der Waals surface area (Å²) >= 11 is 0. The van der Waals surface area contributed by atoms with Crippen molar-refractivity contribution in [3.8, 4) is 11.5 Å². The molecule has 132 valence electrons. The van der Waals surface area contributed by atoms with Crippen LogP contribution in [0.2, 0.25) is 0 Å². The van der Waals surface area contributed by atoms with Gasteiger partial charge in [-0.15, -0.1) is 0 Å². The Morgan fingerprint density at radius 3 is 2.35 bits per heavy atom. The van der Waals surface area contributed by atoms with E-state index in [2.05, 4.69) is 10.3 Å². The van der Waals surface area contributed by atoms with Crippen LogP contribution in [0, 0.1) is 0 Å². The lowest BCUT2D eigenvalue weighted by atomic mass is 10.0. The molecule has 0 aliphatic carbocycles. The van der Waals surface area contributed by atoms with Gasteiger partial charge >= 0.3 is 0 Å². The van der Waals surface area contributed by atoms with E-state index in [0.717, 1.165) is 11.3 Å². The van der Waals surface area contributed by atoms with Crippen molar-refractivity contribution in [3.05, 3.63) is 89.7 Å². The predicted octanol–water partition coefficient (Wildman–Crippen LogP) is 3.62. The fourth-order valence-corrected chi connectivity index (χ4v) is 2.80. The lowest BCUT2D eigenvalue weighted by Gasteiger charge is -2.20. The molecule has 1 N–H and O–H groups in total. The molecular formula is C21H20N2O3. The van der Waals surface area contributed by atoms with E-state index < -0.39 is 0 Å². The molecule has 0 fully saturated rings. The average Bonchev–Trinajstić information content (AvgIpc) is 2.72. The molecule has 0 radical (unpaired) electrons. The van der Waals surface area contributed by atoms with Crippen molar-refractivity contribution in [1.82, 2.24) is 10.3 Å². The lowest BCUT2D eigenvalue weighted by Crippen LogP contribution is -2.30. The number of para-hydroxylation sites is 1. The molecule has 1 unspecified atom stereocenters. The van der Waals surface area contributed by atoms with E-state index >= 15 is 0 Å². The summed E-state index contributed by atoms with van der Waals surface area (Å²) in [6, 6.07) is 20.2. The molecule has 1 atom stereocenters. The van der Waals surface area contributed by atoms with Gasteiger partial charge in [0.1, 0.15) is 0 Å². The Morgan fingerprint density at radius 1 is 0.923 bits per heavy atom. The molecule has 1 amide bonds. The number of aromatic nitrogens is 1. The summed E-state index contributed by atoms with van der Waals surface area (Å²) in [6.07, 6.45) is 1.71. The zero-order chi connectivity index (χ0) is 18.4. The number of nitrogens with zero attached hydrogens (tertiary/aromatic N) is 1. The van der Waals surface area contributed by atoms with Crippen LogP contribution in [0.3, 0.4) is 0 Å². The summed E-state index contributed by atoms with van der Waals surface area (Å²) in [5, 5.41) is 3.05. The second-order valence-electron chi connectivity index (χ2n) is 5.61. The Morgan fingerprint density at radius 2 is 1.69 bits per heavy atom. The first-order valence-corrected chi connectivity index (χ1v) is 8.22. The Balaban J connectivity index is 1.97. The van der Waals surface area contributed by atoms with Crippen molar-refractivity contribution in [2.75, 3.05) is 14.2 Å². The number of hydrogen-bond donors (Lipinski definition) is 1. The van der Waals surface area contributed by atoms with Gasteiger partial charge in [0, 0.05) is 6.20 Å². The largest absolute Gasteiger partial charge is 0.493 e. The van der Waals surface area contributed by atoms with Gasteiger partial charge in [-0.25, -0.2) is 0 Å². The van der Waals surface area contributed by atoms with Gasteiger partial charge in [0.2, 0.25) is 0 Å². The number of amides is 1. The smallest absolute Gasteiger partial charge is 0.255 e. The van der Waals surface area contributed by atoms with E-state index in [4.69, 9.17) is 9.47 Å². The van der Waals surface area contributed by atoms with Crippen LogP contribution in [0.25, 0.3) is 0 Å². The first-order valence-electron chi connectivity index (χ1n) is 8.22. The molecule has 0 saturated heterocycles. The quantitative estimate of drug-likeness (QED) is 0.739. The minimum atomic E-state index is -0.374. The maximum atomic E-state index is 13.0. The first kappa shape index (κ1) is 17.5. The molecule has 1 heterocycles. The summed E-state index contributed by atoms with van der Waals surface area (Å²) < 4.78 is 10.7. The van der Waals surface area contributed by atoms with Crippen LogP contribution < -0.4 is 14.8 Å². The molecule has 0 spiro atoms. The zero-order valence-electron chi connectivity index (χ0n) is 14.7. The van der Waals surface area contributed by atoms with E-state index in [1.54, 1.807) is 31.5 Å². The van der Waals surface area contributed by atoms with Crippen LogP contribution in [0.1, 0.15) is 27.7 Å². The van der Waals surface area contributed by atoms with E-state index in [1.807, 2.05) is 48.5 Å². The summed E-state index contributed by atoms with van der Waals surface area (Å²) in [5.41, 5.74) is 2.11. The van der Waals surface area contributed by atoms with E-state index in [-0.39, 0.29) is 11.9 Å². The number of pyridine rings is 1. The molecule has 26 heavy (non-hydrogen) atoms. The highest BCUT2D eigenvalue weighted by molar-refractivity contribution is 5.98. The Hall–Kier alpha value is -3.34. The monoisotopic (exact) mass is 348 g/mol. The molecule has 0 saturated carbocycles. The molecule has 5 heteroatoms. The SMILES string of the molecule is COc1cccc(C(=O)NC(c2ccccc2)c2ccccn2)c1OC. The van der Waals surface area contributed by atoms with Crippen molar-refractivity contribution in [3.63, 3.8) is 0 Å². The maximum Gasteiger partial charge on any atom is 0.255 e. The number of hydrogen-bond acceptors (Lipinski definition) is 4. The number of rotatable bonds is 6. The second-order valence-corrected chi connectivity index (χ2v) is 5.61. The van der Waals surface area contributed by atoms with Crippen LogP contribution in [0.15, 0.2) is 72.9 Å². The molecule has 2 aromatic carbocycles. The molecule has 1 aromatic heterocycles. The van der Waals surface area contributed by atoms with Crippen LogP contribution in [0.5, 0.6) is 11.5 Å². The topological polar surface area (TPSA) is 60.5 Å². The summed E-state index contributed by atoms with van der Waals surface area (Å²) in [7, 11) is 3.06. The summed E-state index contributed by atoms with van der Waals surface area (Å²) in [6.45, 7) is 0. The first-order chi connectivity index (χ1) is 12.7. The third-order valence-corrected chi connectivity index (χ3v) is 4.04. The Bertz CT molecular complexity index is 827. The van der Waals surface area contributed by atoms with Crippen LogP contribution in [0.4, 0.5) is 0 Å². The molecule has 3 rings (SSSR count). The van der Waals surface area contributed by atoms with Crippen LogP contribution in [-0.2, 0) is 0 Å². The maximum absolute atomic E-state index is 13.0. The third kappa shape index (κ3) is 3.67. The molecular weight excluding hydrogens is 328 g/mol. The van der Waals surface area contributed by atoms with Gasteiger partial charge in [0.05, 0.1) is 31.5 Å². The van der Waals surface area contributed by atoms with Gasteiger partial charge in [-0.1, -0.05) is 42.5 Å². The summed E-state index contributed by atoms with van der Waals surface area (Å²) in [5.74, 6) is 0.648. The Labute approximate surface area is 152 Å². The highest BCUT2D eigenvalue weighted by atomic mass is 16.5. The van der Waals surface area contributed by atoms with Gasteiger partial charge in [-0.05, 0) is 29.8 Å². The van der Waals surface area contributed by atoms with Gasteiger partial charge in [-0.2, -0.15) is 0 Å². The average molecular weight is 348 g/mol. The normalized spacial score (nSPS) is 11.5. The molecule has 0 aliphatic heterocycles. The van der Waals surface area contributed by atoms with Crippen molar-refractivity contribution in [2.24, 2.45) is 0 Å². The van der Waals surface area contributed by atoms with Crippen LogP contribution >= 0.6 is 0 Å². The minimum Gasteiger partial charge on any atom is -0.493 e. The van der Waals surface area contributed by atoms with Gasteiger partial charge in [0.15, 0.2) is 11.5 Å². The number of ether oxygens (including phenoxy) is 2. The summed E-state index contributed by atoms with van der Waals surface area (Å²) in [4.78, 5) is 17.4. The van der Waals surface area contributed by atoms with Crippen molar-refractivity contribution in [2.45, 2.75) is 6.04 Å². The van der Waals surface area contributed by atoms with Gasteiger partial charge in [0.25, 0.3) is 5.91 Å². The van der Waals surface area contributed by atoms with Crippen molar-refractivity contribution >= 4 is 5.91 Å². The number of benzene rings is 2. The van der Waals surface area contributed by atoms with Crippen LogP contribution in [-0.4, -0.2) is 25.1 Å². The van der Waals surface area contributed by atoms with E-state index in [0.29, 0.717) is 17.1 Å². The number of methoxy groups -OCH3 is 2. The van der Waals surface area contributed by atoms with E-state index in [1.165, 1.54) is 7.11 Å². The highest BCUT2D eigenvalue weighted by Crippen LogP contribution is 2.31. The third-order valence-electron chi connectivity index (χ3n) is 4.04. The standard InChI is InChI=1S/C21H20N2O3/c1-25-18-13-8-11-16(20(18)26-2)21(24)23-19(15-9-4-3-5-10-15)17-12-6-7-14-22-17/h3-14,19H,1-2H3,(H,23,24). The predicted molar refractivity (Wildman–Crippen MR) is 99.5 cm³/mol. The zero-order valence-corrected chi connectivity index (χ0v) is 14.7. The molecule has 0 bridgehead atoms. The molecule has 5 nitrogen and oxygen atoms in total. The minimum absolute atomic E-state index is 0.264. The van der Waals surface area contributed by atoms with E-state index in [9.17, 15) is 4.79 Å². The van der Waals surface area contributed by atoms with Crippen molar-refractivity contribution in [1.29, 1.82) is 0 Å². The molecule has 0 aliphatic rings. The number of carbonyl (C=O) groups is 1. The van der Waals surface area contributed by atoms with Crippen molar-refractivity contribution < 1.29 is 14.3 Å². The second kappa shape index (κ2) is 8.16. The fourth-order valence-electron chi connectivity index (χ4n) is 2.80. The highest BCUT2D eigenvalue weighted by Gasteiger charge is 2.22. The number of carbonyl (C=O) groups excluding carboxylic acids is 1. The van der Waals surface area contributed by atoms with Gasteiger partial charge in [-0.3, -0.25) is 9.78 Å². The number of nitrogens with one attached hydrogen (secondary N) is 1. The molecule has 3 aromatic rings. The Kier molecular flexibility index (Phi) is 5.49. The lowest BCUT2D eigenvalue weighted by molar-refractivity contribution is 0.0938. The fraction of sp³-hybridized carbons (Fsp3) is 0.143.